The highest BCUT2D eigenvalue weighted by molar-refractivity contribution is 5.81. The number of nitrogens with one attached hydrogen (secondary N) is 2. The smallest absolute Gasteiger partial charge is 0.340 e. The monoisotopic (exact) mass is 432 g/mol. The van der Waals surface area contributed by atoms with Crippen LogP contribution < -0.4 is 5.32 Å². The summed E-state index contributed by atoms with van der Waals surface area (Å²) in [6, 6.07) is 16.4. The van der Waals surface area contributed by atoms with Crippen LogP contribution in [0.4, 0.5) is 24.7 Å². The van der Waals surface area contributed by atoms with E-state index in [-0.39, 0.29) is 0 Å². The summed E-state index contributed by atoms with van der Waals surface area (Å²) >= 11 is 0. The summed E-state index contributed by atoms with van der Waals surface area (Å²) in [6.45, 7) is 0. The van der Waals surface area contributed by atoms with Crippen molar-refractivity contribution in [1.82, 2.24) is 24.9 Å². The van der Waals surface area contributed by atoms with Crippen molar-refractivity contribution in [2.75, 3.05) is 5.32 Å². The number of benzene rings is 2. The van der Waals surface area contributed by atoms with Gasteiger partial charge in [0.05, 0.1) is 22.3 Å². The molecule has 32 heavy (non-hydrogen) atoms. The van der Waals surface area contributed by atoms with Crippen LogP contribution in [0.15, 0.2) is 79.4 Å². The number of rotatable bonds is 4. The van der Waals surface area contributed by atoms with Crippen molar-refractivity contribution < 1.29 is 13.2 Å². The highest BCUT2D eigenvalue weighted by Crippen LogP contribution is 2.32. The summed E-state index contributed by atoms with van der Waals surface area (Å²) in [6.07, 6.45) is 0.461. The van der Waals surface area contributed by atoms with E-state index in [4.69, 9.17) is 0 Å². The Morgan fingerprint density at radius 3 is 2.53 bits per heavy atom. The van der Waals surface area contributed by atoms with Crippen molar-refractivity contribution in [1.29, 1.82) is 0 Å². The summed E-state index contributed by atoms with van der Waals surface area (Å²) in [7, 11) is 0. The fourth-order valence-corrected chi connectivity index (χ4v) is 3.30. The number of aromatic nitrogens is 5. The molecule has 5 aromatic rings. The SMILES string of the molecule is FC(F)(F)c1ccc2nc(-c3cccc(Nc4ccc(-c5ccncn5)cn4)c3)[nH]c2c1. The third-order valence-corrected chi connectivity index (χ3v) is 4.86. The molecule has 0 saturated heterocycles. The molecule has 0 aliphatic rings. The summed E-state index contributed by atoms with van der Waals surface area (Å²) in [5, 5.41) is 3.22. The van der Waals surface area contributed by atoms with Gasteiger partial charge in [0.15, 0.2) is 0 Å². The van der Waals surface area contributed by atoms with Crippen molar-refractivity contribution >= 4 is 22.5 Å². The minimum absolute atomic E-state index is 0.329. The lowest BCUT2D eigenvalue weighted by Crippen LogP contribution is -2.04. The summed E-state index contributed by atoms with van der Waals surface area (Å²) < 4.78 is 38.9. The summed E-state index contributed by atoms with van der Waals surface area (Å²) in [5.74, 6) is 1.12. The number of pyridine rings is 1. The fraction of sp³-hybridized carbons (Fsp3) is 0.0435. The van der Waals surface area contributed by atoms with Gasteiger partial charge in [0.2, 0.25) is 0 Å². The molecule has 0 aliphatic heterocycles. The third-order valence-electron chi connectivity index (χ3n) is 4.86. The van der Waals surface area contributed by atoms with Crippen molar-refractivity contribution in [2.45, 2.75) is 6.18 Å². The minimum Gasteiger partial charge on any atom is -0.340 e. The summed E-state index contributed by atoms with van der Waals surface area (Å²) in [5.41, 5.74) is 3.22. The Balaban J connectivity index is 1.39. The molecular weight excluding hydrogens is 417 g/mol. The van der Waals surface area contributed by atoms with Crippen molar-refractivity contribution in [2.24, 2.45) is 0 Å². The Morgan fingerprint density at radius 2 is 1.78 bits per heavy atom. The zero-order valence-electron chi connectivity index (χ0n) is 16.4. The molecule has 6 nitrogen and oxygen atoms in total. The zero-order valence-corrected chi connectivity index (χ0v) is 16.4. The van der Waals surface area contributed by atoms with E-state index >= 15 is 0 Å². The van der Waals surface area contributed by atoms with Gasteiger partial charge in [0.1, 0.15) is 18.0 Å². The molecular formula is C23H15F3N6. The highest BCUT2D eigenvalue weighted by atomic mass is 19.4. The van der Waals surface area contributed by atoms with Gasteiger partial charge in [0.25, 0.3) is 0 Å². The number of hydrogen-bond acceptors (Lipinski definition) is 5. The first kappa shape index (κ1) is 19.7. The van der Waals surface area contributed by atoms with Crippen molar-refractivity contribution in [3.8, 4) is 22.6 Å². The van der Waals surface area contributed by atoms with Crippen LogP contribution in [0, 0.1) is 0 Å². The molecule has 0 spiro atoms. The molecule has 9 heteroatoms. The van der Waals surface area contributed by atoms with Gasteiger partial charge in [-0.1, -0.05) is 12.1 Å². The van der Waals surface area contributed by atoms with E-state index in [1.165, 1.54) is 12.4 Å². The van der Waals surface area contributed by atoms with E-state index in [1.807, 2.05) is 36.4 Å². The average Bonchev–Trinajstić information content (AvgIpc) is 3.23. The number of nitrogens with zero attached hydrogens (tertiary/aromatic N) is 4. The number of anilines is 2. The number of fused-ring (bicyclic) bond motifs is 1. The molecule has 0 atom stereocenters. The molecule has 158 valence electrons. The molecule has 0 unspecified atom stereocenters. The molecule has 3 heterocycles. The van der Waals surface area contributed by atoms with Crippen LogP contribution in [-0.2, 0) is 6.18 Å². The van der Waals surface area contributed by atoms with Crippen LogP contribution in [0.1, 0.15) is 5.56 Å². The Labute approximate surface area is 180 Å². The molecule has 2 N–H and O–H groups in total. The molecule has 3 aromatic heterocycles. The van der Waals surface area contributed by atoms with Gasteiger partial charge in [0, 0.05) is 29.2 Å². The largest absolute Gasteiger partial charge is 0.416 e. The van der Waals surface area contributed by atoms with E-state index in [0.717, 1.165) is 34.6 Å². The molecule has 0 radical (unpaired) electrons. The highest BCUT2D eigenvalue weighted by Gasteiger charge is 2.30. The van der Waals surface area contributed by atoms with Crippen LogP contribution in [0.3, 0.4) is 0 Å². The number of hydrogen-bond donors (Lipinski definition) is 2. The van der Waals surface area contributed by atoms with Gasteiger partial charge >= 0.3 is 6.18 Å². The second-order valence-corrected chi connectivity index (χ2v) is 7.05. The Kier molecular flexibility index (Phi) is 4.78. The number of imidazole rings is 1. The van der Waals surface area contributed by atoms with Crippen LogP contribution in [0.25, 0.3) is 33.7 Å². The van der Waals surface area contributed by atoms with E-state index in [0.29, 0.717) is 22.7 Å². The molecule has 0 bridgehead atoms. The summed E-state index contributed by atoms with van der Waals surface area (Å²) in [4.78, 5) is 19.9. The number of aromatic amines is 1. The van der Waals surface area contributed by atoms with Crippen molar-refractivity contribution in [3.05, 3.63) is 84.9 Å². The Bertz CT molecular complexity index is 1380. The maximum absolute atomic E-state index is 13.0. The molecule has 5 rings (SSSR count). The van der Waals surface area contributed by atoms with E-state index in [1.54, 1.807) is 18.5 Å². The second-order valence-electron chi connectivity index (χ2n) is 7.05. The van der Waals surface area contributed by atoms with Gasteiger partial charge < -0.3 is 10.3 Å². The normalized spacial score (nSPS) is 11.6. The van der Waals surface area contributed by atoms with E-state index in [9.17, 15) is 13.2 Å². The molecule has 0 amide bonds. The lowest BCUT2D eigenvalue weighted by molar-refractivity contribution is -0.137. The van der Waals surface area contributed by atoms with E-state index in [2.05, 4.69) is 30.2 Å². The minimum atomic E-state index is -4.40. The van der Waals surface area contributed by atoms with Crippen LogP contribution in [0.2, 0.25) is 0 Å². The standard InChI is InChI=1S/C23H15F3N6/c24-23(25,26)16-5-6-19-20(11-16)32-22(31-19)14-2-1-3-17(10-14)30-21-7-4-15(12-28-21)18-8-9-27-13-29-18/h1-13H,(H,28,30)(H,31,32). The number of H-pyrrole nitrogens is 1. The second kappa shape index (κ2) is 7.77. The topological polar surface area (TPSA) is 79.4 Å². The lowest BCUT2D eigenvalue weighted by Gasteiger charge is -2.08. The van der Waals surface area contributed by atoms with Crippen LogP contribution >= 0.6 is 0 Å². The molecule has 2 aromatic carbocycles. The Hall–Kier alpha value is -4.27. The number of halogens is 3. The molecule has 0 fully saturated rings. The molecule has 0 aliphatic carbocycles. The third kappa shape index (κ3) is 4.00. The Morgan fingerprint density at radius 1 is 0.875 bits per heavy atom. The lowest BCUT2D eigenvalue weighted by atomic mass is 10.2. The van der Waals surface area contributed by atoms with Gasteiger partial charge in [-0.15, -0.1) is 0 Å². The van der Waals surface area contributed by atoms with Gasteiger partial charge in [-0.05, 0) is 48.5 Å². The first-order valence-electron chi connectivity index (χ1n) is 9.62. The maximum Gasteiger partial charge on any atom is 0.416 e. The van der Waals surface area contributed by atoms with Crippen molar-refractivity contribution in [3.63, 3.8) is 0 Å². The van der Waals surface area contributed by atoms with Gasteiger partial charge in [-0.25, -0.2) is 19.9 Å². The van der Waals surface area contributed by atoms with Gasteiger partial charge in [-0.2, -0.15) is 13.2 Å². The fourth-order valence-electron chi connectivity index (χ4n) is 3.30. The first-order chi connectivity index (χ1) is 15.5. The maximum atomic E-state index is 13.0. The van der Waals surface area contributed by atoms with Gasteiger partial charge in [-0.3, -0.25) is 0 Å². The van der Waals surface area contributed by atoms with Crippen LogP contribution in [-0.4, -0.2) is 24.9 Å². The predicted octanol–water partition coefficient (Wildman–Crippen LogP) is 5.84. The first-order valence-corrected chi connectivity index (χ1v) is 9.62. The average molecular weight is 432 g/mol. The molecule has 0 saturated carbocycles. The zero-order chi connectivity index (χ0) is 22.1. The number of alkyl halides is 3. The predicted molar refractivity (Wildman–Crippen MR) is 115 cm³/mol. The quantitative estimate of drug-likeness (QED) is 0.373. The van der Waals surface area contributed by atoms with E-state index < -0.39 is 11.7 Å². The van der Waals surface area contributed by atoms with Crippen LogP contribution in [0.5, 0.6) is 0 Å².